The van der Waals surface area contributed by atoms with Crippen molar-refractivity contribution in [2.45, 2.75) is 193 Å². The minimum atomic E-state index is -4.32. The van der Waals surface area contributed by atoms with E-state index in [1.807, 2.05) is 6.08 Å². The van der Waals surface area contributed by atoms with Crippen molar-refractivity contribution in [1.29, 1.82) is 0 Å². The lowest BCUT2D eigenvalue weighted by atomic mass is 10.0. The molecule has 244 valence electrons. The molecule has 0 rings (SSSR count). The van der Waals surface area contributed by atoms with Gasteiger partial charge in [0.25, 0.3) is 10.1 Å². The third kappa shape index (κ3) is 30.3. The predicted molar refractivity (Wildman–Crippen MR) is 175 cm³/mol. The van der Waals surface area contributed by atoms with Crippen molar-refractivity contribution in [3.8, 4) is 0 Å². The number of unbranched alkanes of at least 4 members (excludes halogenated alkanes) is 23. The van der Waals surface area contributed by atoms with Crippen LogP contribution in [-0.2, 0) is 14.9 Å². The molecule has 0 aliphatic carbocycles. The third-order valence-corrected chi connectivity index (χ3v) is 8.74. The molecule has 2 atom stereocenters. The number of hydrogen-bond acceptors (Lipinski definition) is 4. The van der Waals surface area contributed by atoms with E-state index in [2.05, 4.69) is 19.2 Å². The lowest BCUT2D eigenvalue weighted by molar-refractivity contribution is -0.122. The van der Waals surface area contributed by atoms with Gasteiger partial charge in [0.15, 0.2) is 0 Å². The second-order valence-corrected chi connectivity index (χ2v) is 13.7. The maximum atomic E-state index is 12.3. The molecule has 0 aliphatic rings. The molecule has 0 spiro atoms. The zero-order chi connectivity index (χ0) is 30.4. The van der Waals surface area contributed by atoms with Crippen molar-refractivity contribution in [2.24, 2.45) is 0 Å². The zero-order valence-electron chi connectivity index (χ0n) is 26.9. The lowest BCUT2D eigenvalue weighted by Crippen LogP contribution is -2.46. The van der Waals surface area contributed by atoms with Gasteiger partial charge >= 0.3 is 0 Å². The fourth-order valence-electron chi connectivity index (χ4n) is 5.33. The van der Waals surface area contributed by atoms with Crippen LogP contribution in [0.4, 0.5) is 0 Å². The number of nitrogens with one attached hydrogen (secondary N) is 1. The van der Waals surface area contributed by atoms with E-state index >= 15 is 0 Å². The molecule has 41 heavy (non-hydrogen) atoms. The third-order valence-electron chi connectivity index (χ3n) is 7.96. The molecule has 0 heterocycles. The van der Waals surface area contributed by atoms with Gasteiger partial charge < -0.3 is 10.4 Å². The van der Waals surface area contributed by atoms with E-state index in [0.717, 1.165) is 44.9 Å². The Balaban J connectivity index is 3.69. The van der Waals surface area contributed by atoms with E-state index in [1.165, 1.54) is 122 Å². The minimum Gasteiger partial charge on any atom is -0.387 e. The number of amides is 1. The highest BCUT2D eigenvalue weighted by Gasteiger charge is 2.24. The van der Waals surface area contributed by atoms with Gasteiger partial charge in [0, 0.05) is 6.42 Å². The van der Waals surface area contributed by atoms with Crippen molar-refractivity contribution >= 4 is 16.0 Å². The quantitative estimate of drug-likeness (QED) is 0.0417. The monoisotopic (exact) mass is 601 g/mol. The first kappa shape index (κ1) is 40.1. The Morgan fingerprint density at radius 3 is 1.39 bits per heavy atom. The number of aliphatic hydroxyl groups is 1. The van der Waals surface area contributed by atoms with Gasteiger partial charge in [0.2, 0.25) is 5.91 Å². The number of carbonyl (C=O) groups excluding carboxylic acids is 1. The van der Waals surface area contributed by atoms with Crippen molar-refractivity contribution in [3.63, 3.8) is 0 Å². The average molecular weight is 602 g/mol. The van der Waals surface area contributed by atoms with Crippen LogP contribution in [0.5, 0.6) is 0 Å². The molecule has 0 aromatic carbocycles. The topological polar surface area (TPSA) is 104 Å². The number of allylic oxidation sites excluding steroid dienone is 1. The van der Waals surface area contributed by atoms with E-state index < -0.39 is 28.0 Å². The van der Waals surface area contributed by atoms with Gasteiger partial charge in [-0.25, -0.2) is 0 Å². The molecule has 7 heteroatoms. The second kappa shape index (κ2) is 29.2. The SMILES string of the molecule is CCCCC/C=C/C(O)C(CS(=O)(=O)O)NC(=O)CCCCCCCCCCCCCCCCCCCCCCC. The smallest absolute Gasteiger partial charge is 0.267 e. The van der Waals surface area contributed by atoms with Gasteiger partial charge in [0.05, 0.1) is 17.9 Å². The van der Waals surface area contributed by atoms with Crippen LogP contribution in [0, 0.1) is 0 Å². The van der Waals surface area contributed by atoms with E-state index in [0.29, 0.717) is 6.42 Å². The van der Waals surface area contributed by atoms with Gasteiger partial charge in [-0.1, -0.05) is 167 Å². The van der Waals surface area contributed by atoms with Crippen LogP contribution < -0.4 is 5.32 Å². The van der Waals surface area contributed by atoms with Crippen molar-refractivity contribution in [2.75, 3.05) is 5.75 Å². The normalized spacial score (nSPS) is 13.6. The molecule has 1 amide bonds. The molecule has 0 aromatic heterocycles. The summed E-state index contributed by atoms with van der Waals surface area (Å²) >= 11 is 0. The highest BCUT2D eigenvalue weighted by molar-refractivity contribution is 7.85. The van der Waals surface area contributed by atoms with Crippen LogP contribution in [-0.4, -0.2) is 41.9 Å². The summed E-state index contributed by atoms with van der Waals surface area (Å²) in [6, 6.07) is -1.05. The van der Waals surface area contributed by atoms with Gasteiger partial charge in [-0.15, -0.1) is 0 Å². The molecular weight excluding hydrogens is 534 g/mol. The largest absolute Gasteiger partial charge is 0.387 e. The second-order valence-electron chi connectivity index (χ2n) is 12.2. The first-order valence-electron chi connectivity index (χ1n) is 17.4. The van der Waals surface area contributed by atoms with Crippen molar-refractivity contribution < 1.29 is 22.9 Å². The number of rotatable bonds is 31. The Bertz CT molecular complexity index is 710. The molecule has 0 aliphatic heterocycles. The van der Waals surface area contributed by atoms with E-state index in [4.69, 9.17) is 0 Å². The molecule has 6 nitrogen and oxygen atoms in total. The summed E-state index contributed by atoms with van der Waals surface area (Å²) in [5, 5.41) is 13.0. The summed E-state index contributed by atoms with van der Waals surface area (Å²) in [7, 11) is -4.32. The van der Waals surface area contributed by atoms with Crippen LogP contribution in [0.3, 0.4) is 0 Å². The predicted octanol–water partition coefficient (Wildman–Crippen LogP) is 9.46. The molecule has 0 bridgehead atoms. The Labute approximate surface area is 254 Å². The number of carbonyl (C=O) groups is 1. The number of hydrogen-bond donors (Lipinski definition) is 3. The van der Waals surface area contributed by atoms with Crippen LogP contribution in [0.25, 0.3) is 0 Å². The first-order valence-corrected chi connectivity index (χ1v) is 19.0. The maximum Gasteiger partial charge on any atom is 0.267 e. The van der Waals surface area contributed by atoms with Crippen molar-refractivity contribution in [1.82, 2.24) is 5.32 Å². The molecule has 0 saturated heterocycles. The Morgan fingerprint density at radius 1 is 0.634 bits per heavy atom. The van der Waals surface area contributed by atoms with Gasteiger partial charge in [-0.3, -0.25) is 9.35 Å². The average Bonchev–Trinajstić information content (AvgIpc) is 2.92. The van der Waals surface area contributed by atoms with Gasteiger partial charge in [0.1, 0.15) is 0 Å². The Hall–Kier alpha value is -0.920. The summed E-state index contributed by atoms with van der Waals surface area (Å²) in [5.41, 5.74) is 0. The summed E-state index contributed by atoms with van der Waals surface area (Å²) in [6.45, 7) is 4.39. The van der Waals surface area contributed by atoms with Crippen LogP contribution in [0.15, 0.2) is 12.2 Å². The molecule has 3 N–H and O–H groups in total. The van der Waals surface area contributed by atoms with E-state index in [1.54, 1.807) is 0 Å². The minimum absolute atomic E-state index is 0.283. The highest BCUT2D eigenvalue weighted by Crippen LogP contribution is 2.15. The maximum absolute atomic E-state index is 12.3. The summed E-state index contributed by atoms with van der Waals surface area (Å²) in [6.07, 6.45) is 33.9. The summed E-state index contributed by atoms with van der Waals surface area (Å²) < 4.78 is 32.0. The zero-order valence-corrected chi connectivity index (χ0v) is 27.7. The molecule has 0 aromatic rings. The standard InChI is InChI=1S/C34H67NO5S/c1-3-5-7-9-10-11-12-13-14-15-16-17-18-19-20-21-22-23-24-26-28-30-34(37)35-32(31-41(38,39)40)33(36)29-27-25-8-6-4-2/h27,29,32-33,36H,3-26,28,30-31H2,1-2H3,(H,35,37)(H,38,39,40)/b29-27+. The van der Waals surface area contributed by atoms with Crippen LogP contribution in [0.2, 0.25) is 0 Å². The summed E-state index contributed by atoms with van der Waals surface area (Å²) in [4.78, 5) is 12.3. The fourth-order valence-corrected chi connectivity index (χ4v) is 6.07. The molecule has 0 radical (unpaired) electrons. The van der Waals surface area contributed by atoms with Crippen LogP contribution >= 0.6 is 0 Å². The molecule has 2 unspecified atom stereocenters. The highest BCUT2D eigenvalue weighted by atomic mass is 32.2. The number of aliphatic hydroxyl groups excluding tert-OH is 1. The van der Waals surface area contributed by atoms with Gasteiger partial charge in [-0.05, 0) is 19.3 Å². The van der Waals surface area contributed by atoms with Crippen LogP contribution in [0.1, 0.15) is 181 Å². The van der Waals surface area contributed by atoms with Gasteiger partial charge in [-0.2, -0.15) is 8.42 Å². The lowest BCUT2D eigenvalue weighted by Gasteiger charge is -2.21. The van der Waals surface area contributed by atoms with E-state index in [-0.39, 0.29) is 5.91 Å². The van der Waals surface area contributed by atoms with Crippen molar-refractivity contribution in [3.05, 3.63) is 12.2 Å². The fraction of sp³-hybridized carbons (Fsp3) is 0.912. The Morgan fingerprint density at radius 2 is 1.00 bits per heavy atom. The molecule has 0 fully saturated rings. The Kier molecular flexibility index (Phi) is 28.5. The summed E-state index contributed by atoms with van der Waals surface area (Å²) in [5.74, 6) is -0.978. The molecule has 0 saturated carbocycles. The first-order chi connectivity index (χ1) is 19.8. The molecular formula is C34H67NO5S. The van der Waals surface area contributed by atoms with E-state index in [9.17, 15) is 22.9 Å².